The zero-order chi connectivity index (χ0) is 17.6. The summed E-state index contributed by atoms with van der Waals surface area (Å²) in [6.07, 6.45) is 0. The Morgan fingerprint density at radius 1 is 0.760 bits per heavy atom. The van der Waals surface area contributed by atoms with Gasteiger partial charge in [0.1, 0.15) is 5.75 Å². The van der Waals surface area contributed by atoms with Crippen LogP contribution in [0.1, 0.15) is 21.5 Å². The Morgan fingerprint density at radius 3 is 1.92 bits per heavy atom. The quantitative estimate of drug-likeness (QED) is 0.327. The summed E-state index contributed by atoms with van der Waals surface area (Å²) in [6.45, 7) is 0. The molecule has 4 N–H and O–H groups in total. The fraction of sp³-hybridized carbons (Fsp3) is 0. The predicted octanol–water partition coefficient (Wildman–Crippen LogP) is 3.47. The number of benzene rings is 3. The molecule has 0 heterocycles. The summed E-state index contributed by atoms with van der Waals surface area (Å²) >= 11 is 0. The number of ether oxygens (including phenoxy) is 1. The van der Waals surface area contributed by atoms with Gasteiger partial charge in [0.2, 0.25) is 0 Å². The molecular formula is C21H16N2O2. The third kappa shape index (κ3) is 4.40. The average Bonchev–Trinajstić information content (AvgIpc) is 2.61. The van der Waals surface area contributed by atoms with Gasteiger partial charge in [0.25, 0.3) is 0 Å². The summed E-state index contributed by atoms with van der Waals surface area (Å²) in [5.74, 6) is 6.05. The first-order valence-corrected chi connectivity index (χ1v) is 7.65. The van der Waals surface area contributed by atoms with Crippen molar-refractivity contribution in [2.24, 2.45) is 0 Å². The number of carbonyl (C=O) groups excluding carboxylic acids is 1. The Morgan fingerprint density at radius 2 is 1.32 bits per heavy atom. The van der Waals surface area contributed by atoms with E-state index in [1.807, 2.05) is 30.3 Å². The maximum Gasteiger partial charge on any atom is 0.343 e. The van der Waals surface area contributed by atoms with Crippen molar-refractivity contribution in [2.45, 2.75) is 0 Å². The van der Waals surface area contributed by atoms with Crippen molar-refractivity contribution in [1.82, 2.24) is 0 Å². The zero-order valence-electron chi connectivity index (χ0n) is 13.4. The molecule has 0 amide bonds. The van der Waals surface area contributed by atoms with Crippen molar-refractivity contribution in [1.29, 1.82) is 0 Å². The number of esters is 1. The lowest BCUT2D eigenvalue weighted by atomic mass is 10.1. The highest BCUT2D eigenvalue weighted by Gasteiger charge is 2.10. The molecule has 0 aliphatic carbocycles. The van der Waals surface area contributed by atoms with Crippen molar-refractivity contribution in [3.8, 4) is 17.6 Å². The SMILES string of the molecule is Nc1cc(N)cc(C(=O)Oc2ccc(C#Cc3ccccc3)cc2)c1. The van der Waals surface area contributed by atoms with Gasteiger partial charge in [-0.05, 0) is 54.6 Å². The third-order valence-electron chi connectivity index (χ3n) is 3.40. The Balaban J connectivity index is 1.70. The van der Waals surface area contributed by atoms with E-state index in [-0.39, 0.29) is 0 Å². The van der Waals surface area contributed by atoms with Crippen LogP contribution in [0.2, 0.25) is 0 Å². The number of hydrogen-bond donors (Lipinski definition) is 2. The maximum absolute atomic E-state index is 12.2. The van der Waals surface area contributed by atoms with E-state index in [0.717, 1.165) is 11.1 Å². The van der Waals surface area contributed by atoms with Gasteiger partial charge in [-0.1, -0.05) is 30.0 Å². The van der Waals surface area contributed by atoms with Crippen molar-refractivity contribution in [3.05, 3.63) is 89.5 Å². The summed E-state index contributed by atoms with van der Waals surface area (Å²) in [5.41, 5.74) is 14.3. The van der Waals surface area contributed by atoms with Crippen LogP contribution < -0.4 is 16.2 Å². The van der Waals surface area contributed by atoms with E-state index in [1.165, 1.54) is 12.1 Å². The van der Waals surface area contributed by atoms with E-state index in [4.69, 9.17) is 16.2 Å². The van der Waals surface area contributed by atoms with Gasteiger partial charge in [-0.2, -0.15) is 0 Å². The minimum atomic E-state index is -0.512. The highest BCUT2D eigenvalue weighted by Crippen LogP contribution is 2.17. The lowest BCUT2D eigenvalue weighted by molar-refractivity contribution is 0.0735. The molecule has 0 saturated heterocycles. The van der Waals surface area contributed by atoms with Crippen molar-refractivity contribution in [3.63, 3.8) is 0 Å². The fourth-order valence-corrected chi connectivity index (χ4v) is 2.23. The molecule has 0 saturated carbocycles. The third-order valence-corrected chi connectivity index (χ3v) is 3.40. The highest BCUT2D eigenvalue weighted by molar-refractivity contribution is 5.93. The molecule has 0 aliphatic rings. The largest absolute Gasteiger partial charge is 0.423 e. The second-order valence-electron chi connectivity index (χ2n) is 5.42. The smallest absolute Gasteiger partial charge is 0.343 e. The Kier molecular flexibility index (Phi) is 4.68. The lowest BCUT2D eigenvalue weighted by Gasteiger charge is -2.06. The number of anilines is 2. The number of nitrogen functional groups attached to an aromatic ring is 2. The molecule has 0 aliphatic heterocycles. The van der Waals surface area contributed by atoms with Crippen LogP contribution in [0.4, 0.5) is 11.4 Å². The molecule has 4 nitrogen and oxygen atoms in total. The van der Waals surface area contributed by atoms with Gasteiger partial charge >= 0.3 is 5.97 Å². The lowest BCUT2D eigenvalue weighted by Crippen LogP contribution is -2.09. The molecule has 0 bridgehead atoms. The average molecular weight is 328 g/mol. The summed E-state index contributed by atoms with van der Waals surface area (Å²) < 4.78 is 5.33. The fourth-order valence-electron chi connectivity index (χ4n) is 2.23. The number of nitrogens with two attached hydrogens (primary N) is 2. The standard InChI is InChI=1S/C21H16N2O2/c22-18-12-17(13-19(23)14-18)21(24)25-20-10-8-16(9-11-20)7-6-15-4-2-1-3-5-15/h1-5,8-14H,22-23H2. The second kappa shape index (κ2) is 7.24. The first-order chi connectivity index (χ1) is 12.1. The molecule has 3 aromatic carbocycles. The van der Waals surface area contributed by atoms with Gasteiger partial charge < -0.3 is 16.2 Å². The molecule has 4 heteroatoms. The molecular weight excluding hydrogens is 312 g/mol. The van der Waals surface area contributed by atoms with E-state index in [9.17, 15) is 4.79 Å². The van der Waals surface area contributed by atoms with Gasteiger partial charge in [0.15, 0.2) is 0 Å². The van der Waals surface area contributed by atoms with Crippen molar-refractivity contribution < 1.29 is 9.53 Å². The zero-order valence-corrected chi connectivity index (χ0v) is 13.4. The van der Waals surface area contributed by atoms with E-state index < -0.39 is 5.97 Å². The molecule has 3 aromatic rings. The molecule has 25 heavy (non-hydrogen) atoms. The highest BCUT2D eigenvalue weighted by atomic mass is 16.5. The van der Waals surface area contributed by atoms with Crippen LogP contribution in [0.5, 0.6) is 5.75 Å². The molecule has 0 spiro atoms. The minimum Gasteiger partial charge on any atom is -0.423 e. The van der Waals surface area contributed by atoms with Crippen molar-refractivity contribution >= 4 is 17.3 Å². The van der Waals surface area contributed by atoms with Gasteiger partial charge in [-0.15, -0.1) is 0 Å². The van der Waals surface area contributed by atoms with Gasteiger partial charge in [0, 0.05) is 22.5 Å². The van der Waals surface area contributed by atoms with Gasteiger partial charge in [0.05, 0.1) is 5.56 Å². The van der Waals surface area contributed by atoms with Crippen LogP contribution in [-0.2, 0) is 0 Å². The van der Waals surface area contributed by atoms with Crippen LogP contribution in [-0.4, -0.2) is 5.97 Å². The van der Waals surface area contributed by atoms with E-state index >= 15 is 0 Å². The summed E-state index contributed by atoms with van der Waals surface area (Å²) in [6, 6.07) is 21.3. The molecule has 0 unspecified atom stereocenters. The first kappa shape index (κ1) is 16.2. The topological polar surface area (TPSA) is 78.3 Å². The number of rotatable bonds is 2. The van der Waals surface area contributed by atoms with Crippen molar-refractivity contribution in [2.75, 3.05) is 11.5 Å². The Bertz CT molecular complexity index is 932. The van der Waals surface area contributed by atoms with Crippen LogP contribution in [0.15, 0.2) is 72.8 Å². The van der Waals surface area contributed by atoms with Crippen LogP contribution >= 0.6 is 0 Å². The van der Waals surface area contributed by atoms with Gasteiger partial charge in [-0.25, -0.2) is 4.79 Å². The Hall–Kier alpha value is -3.71. The van der Waals surface area contributed by atoms with Crippen LogP contribution in [0.3, 0.4) is 0 Å². The van der Waals surface area contributed by atoms with Gasteiger partial charge in [-0.3, -0.25) is 0 Å². The molecule has 0 atom stereocenters. The summed E-state index contributed by atoms with van der Waals surface area (Å²) in [4.78, 5) is 12.2. The van der Waals surface area contributed by atoms with E-state index in [2.05, 4.69) is 11.8 Å². The predicted molar refractivity (Wildman–Crippen MR) is 99.1 cm³/mol. The van der Waals surface area contributed by atoms with E-state index in [0.29, 0.717) is 22.7 Å². The summed E-state index contributed by atoms with van der Waals surface area (Å²) in [5, 5.41) is 0. The van der Waals surface area contributed by atoms with Crippen LogP contribution in [0, 0.1) is 11.8 Å². The minimum absolute atomic E-state index is 0.311. The number of carbonyl (C=O) groups is 1. The molecule has 0 radical (unpaired) electrons. The monoisotopic (exact) mass is 328 g/mol. The first-order valence-electron chi connectivity index (χ1n) is 7.65. The van der Waals surface area contributed by atoms with Crippen LogP contribution in [0.25, 0.3) is 0 Å². The molecule has 0 aromatic heterocycles. The second-order valence-corrected chi connectivity index (χ2v) is 5.42. The summed E-state index contributed by atoms with van der Waals surface area (Å²) in [7, 11) is 0. The number of hydrogen-bond acceptors (Lipinski definition) is 4. The molecule has 0 fully saturated rings. The van der Waals surface area contributed by atoms with E-state index in [1.54, 1.807) is 30.3 Å². The normalized spacial score (nSPS) is 9.76. The Labute approximate surface area is 146 Å². The molecule has 3 rings (SSSR count). The maximum atomic E-state index is 12.2. The molecule has 122 valence electrons.